The minimum atomic E-state index is 0.261. The minimum absolute atomic E-state index is 0.261. The van der Waals surface area contributed by atoms with Crippen LogP contribution in [0.25, 0.3) is 4.96 Å². The molecule has 0 spiro atoms. The molecule has 0 aliphatic carbocycles. The van der Waals surface area contributed by atoms with Crippen LogP contribution < -0.4 is 10.1 Å². The van der Waals surface area contributed by atoms with Crippen molar-refractivity contribution in [3.63, 3.8) is 0 Å². The number of ether oxygens (including phenoxy) is 1. The predicted octanol–water partition coefficient (Wildman–Crippen LogP) is 2.29. The second-order valence-corrected chi connectivity index (χ2v) is 5.79. The number of nitrogens with zero attached hydrogens (tertiary/aromatic N) is 2. The quantitative estimate of drug-likeness (QED) is 0.745. The highest BCUT2D eigenvalue weighted by Gasteiger charge is 2.14. The second-order valence-electron chi connectivity index (χ2n) is 4.92. The van der Waals surface area contributed by atoms with Crippen molar-refractivity contribution in [2.24, 2.45) is 5.92 Å². The molecule has 1 unspecified atom stereocenters. The molecule has 2 rings (SSSR count). The number of thiazole rings is 1. The van der Waals surface area contributed by atoms with Crippen LogP contribution in [0.5, 0.6) is 5.88 Å². The van der Waals surface area contributed by atoms with E-state index in [1.54, 1.807) is 18.4 Å². The first-order valence-corrected chi connectivity index (χ1v) is 7.98. The van der Waals surface area contributed by atoms with Gasteiger partial charge >= 0.3 is 0 Å². The van der Waals surface area contributed by atoms with Crippen molar-refractivity contribution in [2.45, 2.75) is 32.7 Å². The lowest BCUT2D eigenvalue weighted by Gasteiger charge is -2.15. The first-order chi connectivity index (χ1) is 9.80. The third-order valence-electron chi connectivity index (χ3n) is 3.48. The van der Waals surface area contributed by atoms with Crippen LogP contribution in [0.3, 0.4) is 0 Å². The summed E-state index contributed by atoms with van der Waals surface area (Å²) < 4.78 is 7.40. The van der Waals surface area contributed by atoms with Crippen LogP contribution in [0.2, 0.25) is 0 Å². The molecule has 5 nitrogen and oxygen atoms in total. The first kappa shape index (κ1) is 15.3. The normalized spacial score (nSPS) is 12.9. The van der Waals surface area contributed by atoms with E-state index in [9.17, 15) is 0 Å². The summed E-state index contributed by atoms with van der Waals surface area (Å²) in [4.78, 5) is 5.40. The van der Waals surface area contributed by atoms with Crippen LogP contribution in [0.4, 0.5) is 0 Å². The van der Waals surface area contributed by atoms with Crippen molar-refractivity contribution in [3.8, 4) is 5.88 Å². The van der Waals surface area contributed by atoms with Gasteiger partial charge in [-0.3, -0.25) is 4.40 Å². The standard InChI is InChI=1S/C14H23N3O2S/c1-3-4-11(5-7-18)9-15-10-12-13(19-2)16-14-17(12)6-8-20-14/h6,8,11,15,18H,3-5,7,9-10H2,1-2H3. The third kappa shape index (κ3) is 3.50. The fraction of sp³-hybridized carbons (Fsp3) is 0.643. The first-order valence-electron chi connectivity index (χ1n) is 7.10. The molecule has 0 aliphatic heterocycles. The monoisotopic (exact) mass is 297 g/mol. The molecule has 1 atom stereocenters. The number of methoxy groups -OCH3 is 1. The van der Waals surface area contributed by atoms with Gasteiger partial charge in [0, 0.05) is 24.7 Å². The highest BCUT2D eigenvalue weighted by molar-refractivity contribution is 7.15. The number of hydrogen-bond donors (Lipinski definition) is 2. The molecular formula is C14H23N3O2S. The lowest BCUT2D eigenvalue weighted by Crippen LogP contribution is -2.24. The summed E-state index contributed by atoms with van der Waals surface area (Å²) in [5.41, 5.74) is 1.06. The summed E-state index contributed by atoms with van der Waals surface area (Å²) in [5, 5.41) is 14.6. The van der Waals surface area contributed by atoms with Gasteiger partial charge in [0.05, 0.1) is 7.11 Å². The molecule has 2 heterocycles. The van der Waals surface area contributed by atoms with Crippen LogP contribution in [0, 0.1) is 5.92 Å². The molecule has 0 aliphatic rings. The van der Waals surface area contributed by atoms with Crippen molar-refractivity contribution in [2.75, 3.05) is 20.3 Å². The summed E-state index contributed by atoms with van der Waals surface area (Å²) in [6.07, 6.45) is 5.17. The number of hydrogen-bond acceptors (Lipinski definition) is 5. The zero-order valence-corrected chi connectivity index (χ0v) is 12.9. The van der Waals surface area contributed by atoms with E-state index >= 15 is 0 Å². The van der Waals surface area contributed by atoms with Crippen molar-refractivity contribution >= 4 is 16.3 Å². The Labute approximate surface area is 123 Å². The third-order valence-corrected chi connectivity index (χ3v) is 4.23. The second kappa shape index (κ2) is 7.61. The summed E-state index contributed by atoms with van der Waals surface area (Å²) >= 11 is 1.60. The maximum Gasteiger partial charge on any atom is 0.237 e. The van der Waals surface area contributed by atoms with Gasteiger partial charge in [0.1, 0.15) is 5.69 Å². The Morgan fingerprint density at radius 3 is 3.05 bits per heavy atom. The van der Waals surface area contributed by atoms with E-state index in [4.69, 9.17) is 9.84 Å². The summed E-state index contributed by atoms with van der Waals surface area (Å²) in [7, 11) is 1.65. The topological polar surface area (TPSA) is 58.8 Å². The largest absolute Gasteiger partial charge is 0.480 e. The van der Waals surface area contributed by atoms with Gasteiger partial charge in [-0.2, -0.15) is 4.98 Å². The number of nitrogens with one attached hydrogen (secondary N) is 1. The van der Waals surface area contributed by atoms with E-state index in [1.165, 1.54) is 0 Å². The highest BCUT2D eigenvalue weighted by atomic mass is 32.1. The fourth-order valence-corrected chi connectivity index (χ4v) is 3.20. The molecule has 0 aromatic carbocycles. The molecule has 0 bridgehead atoms. The zero-order valence-electron chi connectivity index (χ0n) is 12.1. The Balaban J connectivity index is 1.95. The Morgan fingerprint density at radius 2 is 2.35 bits per heavy atom. The molecule has 0 radical (unpaired) electrons. The summed E-state index contributed by atoms with van der Waals surface area (Å²) in [6.45, 7) is 4.08. The Morgan fingerprint density at radius 1 is 1.50 bits per heavy atom. The van der Waals surface area contributed by atoms with Gasteiger partial charge in [-0.25, -0.2) is 0 Å². The van der Waals surface area contributed by atoms with Crippen molar-refractivity contribution < 1.29 is 9.84 Å². The van der Waals surface area contributed by atoms with E-state index in [0.717, 1.165) is 43.0 Å². The van der Waals surface area contributed by atoms with Crippen LogP contribution in [0.15, 0.2) is 11.6 Å². The molecule has 0 saturated heterocycles. The molecule has 2 aromatic heterocycles. The summed E-state index contributed by atoms with van der Waals surface area (Å²) in [5.74, 6) is 1.22. The molecule has 0 amide bonds. The fourth-order valence-electron chi connectivity index (χ4n) is 2.47. The summed E-state index contributed by atoms with van der Waals surface area (Å²) in [6, 6.07) is 0. The maximum absolute atomic E-state index is 9.08. The molecule has 6 heteroatoms. The van der Waals surface area contributed by atoms with Crippen molar-refractivity contribution in [1.29, 1.82) is 0 Å². The van der Waals surface area contributed by atoms with Gasteiger partial charge in [0.15, 0.2) is 4.96 Å². The molecule has 2 N–H and O–H groups in total. The molecule has 20 heavy (non-hydrogen) atoms. The van der Waals surface area contributed by atoms with E-state index in [1.807, 2.05) is 11.6 Å². The van der Waals surface area contributed by atoms with E-state index in [2.05, 4.69) is 21.6 Å². The number of rotatable bonds is 9. The van der Waals surface area contributed by atoms with Gasteiger partial charge in [-0.15, -0.1) is 11.3 Å². The average Bonchev–Trinajstić information content (AvgIpc) is 3.01. The Bertz CT molecular complexity index is 517. The number of fused-ring (bicyclic) bond motifs is 1. The molecule has 0 saturated carbocycles. The van der Waals surface area contributed by atoms with Crippen molar-refractivity contribution in [1.82, 2.24) is 14.7 Å². The van der Waals surface area contributed by atoms with Gasteiger partial charge in [-0.1, -0.05) is 13.3 Å². The number of aliphatic hydroxyl groups excluding tert-OH is 1. The predicted molar refractivity (Wildman–Crippen MR) is 81.4 cm³/mol. The van der Waals surface area contributed by atoms with Crippen LogP contribution in [0.1, 0.15) is 31.9 Å². The van der Waals surface area contributed by atoms with E-state index in [0.29, 0.717) is 11.8 Å². The highest BCUT2D eigenvalue weighted by Crippen LogP contribution is 2.23. The number of aliphatic hydroxyl groups is 1. The van der Waals surface area contributed by atoms with E-state index in [-0.39, 0.29) is 6.61 Å². The maximum atomic E-state index is 9.08. The van der Waals surface area contributed by atoms with Gasteiger partial charge in [-0.05, 0) is 25.3 Å². The lowest BCUT2D eigenvalue weighted by atomic mass is 10.0. The molecule has 112 valence electrons. The van der Waals surface area contributed by atoms with Crippen LogP contribution >= 0.6 is 11.3 Å². The Hall–Kier alpha value is -1.11. The van der Waals surface area contributed by atoms with Gasteiger partial charge in [0.2, 0.25) is 5.88 Å². The van der Waals surface area contributed by atoms with Gasteiger partial charge < -0.3 is 15.2 Å². The van der Waals surface area contributed by atoms with E-state index < -0.39 is 0 Å². The minimum Gasteiger partial charge on any atom is -0.480 e. The van der Waals surface area contributed by atoms with Gasteiger partial charge in [0.25, 0.3) is 0 Å². The average molecular weight is 297 g/mol. The number of aromatic nitrogens is 2. The number of imidazole rings is 1. The Kier molecular flexibility index (Phi) is 5.82. The lowest BCUT2D eigenvalue weighted by molar-refractivity contribution is 0.247. The smallest absolute Gasteiger partial charge is 0.237 e. The zero-order chi connectivity index (χ0) is 14.4. The van der Waals surface area contributed by atoms with Crippen LogP contribution in [-0.4, -0.2) is 34.8 Å². The van der Waals surface area contributed by atoms with Crippen LogP contribution in [-0.2, 0) is 6.54 Å². The molecule has 2 aromatic rings. The SMILES string of the molecule is CCCC(CCO)CNCc1c(OC)nc2sccn12. The molecular weight excluding hydrogens is 274 g/mol. The van der Waals surface area contributed by atoms with Crippen molar-refractivity contribution in [3.05, 3.63) is 17.3 Å². The molecule has 0 fully saturated rings.